The first-order valence-corrected chi connectivity index (χ1v) is 6.96. The first kappa shape index (κ1) is 19.9. The summed E-state index contributed by atoms with van der Waals surface area (Å²) in [6.07, 6.45) is -2.68. The molecule has 1 aliphatic rings. The molecule has 0 spiro atoms. The van der Waals surface area contributed by atoms with Crippen LogP contribution in [0.2, 0.25) is 0 Å². The highest BCUT2D eigenvalue weighted by molar-refractivity contribution is 5.93. The number of benzene rings is 1. The molecule has 0 radical (unpaired) electrons. The van der Waals surface area contributed by atoms with Crippen molar-refractivity contribution < 1.29 is 33.0 Å². The molecule has 0 bridgehead atoms. The summed E-state index contributed by atoms with van der Waals surface area (Å²) in [5.74, 6) is -1.85. The number of ether oxygens (including phenoxy) is 2. The molecule has 1 amide bonds. The summed E-state index contributed by atoms with van der Waals surface area (Å²) in [7, 11) is 0. The van der Waals surface area contributed by atoms with Crippen molar-refractivity contribution in [2.24, 2.45) is 0 Å². The predicted molar refractivity (Wildman–Crippen MR) is 82.9 cm³/mol. The van der Waals surface area contributed by atoms with E-state index in [-0.39, 0.29) is 36.1 Å². The number of carboxylic acids is 1. The number of alkyl halides is 2. The van der Waals surface area contributed by atoms with Gasteiger partial charge in [0.05, 0.1) is 6.54 Å². The molecule has 1 atom stereocenters. The number of carbonyl (C=O) groups is 2. The molecule has 1 aromatic carbocycles. The number of amides is 1. The fraction of sp³-hybridized carbons (Fsp3) is 0.429. The van der Waals surface area contributed by atoms with Crippen molar-refractivity contribution in [3.05, 3.63) is 18.2 Å². The molecule has 10 heteroatoms. The van der Waals surface area contributed by atoms with Gasteiger partial charge in [0.15, 0.2) is 11.5 Å². The van der Waals surface area contributed by atoms with Crippen molar-refractivity contribution in [3.8, 4) is 11.5 Å². The molecule has 1 unspecified atom stereocenters. The lowest BCUT2D eigenvalue weighted by Crippen LogP contribution is -2.41. The van der Waals surface area contributed by atoms with Gasteiger partial charge >= 0.3 is 12.3 Å². The zero-order chi connectivity index (χ0) is 17.0. The van der Waals surface area contributed by atoms with Gasteiger partial charge in [0.1, 0.15) is 6.04 Å². The molecule has 3 N–H and O–H groups in total. The van der Waals surface area contributed by atoms with E-state index in [2.05, 4.69) is 20.1 Å². The number of anilines is 1. The second-order valence-corrected chi connectivity index (χ2v) is 4.94. The first-order chi connectivity index (χ1) is 10.8. The van der Waals surface area contributed by atoms with E-state index < -0.39 is 24.2 Å². The number of hydrogen-bond acceptors (Lipinski definition) is 5. The fourth-order valence-electron chi connectivity index (χ4n) is 2.05. The number of carbonyl (C=O) groups excluding carboxylic acids is 1. The van der Waals surface area contributed by atoms with Crippen LogP contribution < -0.4 is 20.1 Å². The van der Waals surface area contributed by atoms with E-state index in [0.717, 1.165) is 0 Å². The molecule has 1 aliphatic heterocycles. The zero-order valence-corrected chi connectivity index (χ0v) is 13.5. The second kappa shape index (κ2) is 8.11. The van der Waals surface area contributed by atoms with Crippen LogP contribution in [0.5, 0.6) is 11.5 Å². The van der Waals surface area contributed by atoms with Crippen LogP contribution in [0.4, 0.5) is 14.5 Å². The van der Waals surface area contributed by atoms with Gasteiger partial charge in [-0.15, -0.1) is 21.2 Å². The van der Waals surface area contributed by atoms with Crippen LogP contribution in [0.1, 0.15) is 19.8 Å². The van der Waals surface area contributed by atoms with Crippen LogP contribution in [0.3, 0.4) is 0 Å². The van der Waals surface area contributed by atoms with E-state index >= 15 is 0 Å². The summed E-state index contributed by atoms with van der Waals surface area (Å²) in [6.45, 7) is 1.61. The number of halogens is 3. The number of fused-ring (bicyclic) bond motifs is 1. The van der Waals surface area contributed by atoms with Crippen LogP contribution >= 0.6 is 12.4 Å². The Bertz CT molecular complexity index is 615. The molecule has 0 aliphatic carbocycles. The SMILES string of the molecule is CCCC(NCC(=O)Nc1ccc2c(c1)OC(F)(F)O2)C(=O)O.Cl. The van der Waals surface area contributed by atoms with Gasteiger partial charge in [-0.3, -0.25) is 14.9 Å². The van der Waals surface area contributed by atoms with E-state index in [4.69, 9.17) is 5.11 Å². The van der Waals surface area contributed by atoms with E-state index in [1.165, 1.54) is 18.2 Å². The summed E-state index contributed by atoms with van der Waals surface area (Å²) >= 11 is 0. The van der Waals surface area contributed by atoms with Crippen molar-refractivity contribution >= 4 is 30.0 Å². The van der Waals surface area contributed by atoms with Gasteiger partial charge in [-0.25, -0.2) is 0 Å². The van der Waals surface area contributed by atoms with Crippen molar-refractivity contribution in [2.45, 2.75) is 32.1 Å². The highest BCUT2D eigenvalue weighted by Gasteiger charge is 2.43. The lowest BCUT2D eigenvalue weighted by Gasteiger charge is -2.13. The minimum absolute atomic E-state index is 0. The molecule has 1 heterocycles. The molecule has 24 heavy (non-hydrogen) atoms. The third-order valence-corrected chi connectivity index (χ3v) is 3.07. The predicted octanol–water partition coefficient (Wildman–Crippen LogP) is 2.21. The summed E-state index contributed by atoms with van der Waals surface area (Å²) in [6, 6.07) is 3.01. The fourth-order valence-corrected chi connectivity index (χ4v) is 2.05. The van der Waals surface area contributed by atoms with Crippen molar-refractivity contribution in [2.75, 3.05) is 11.9 Å². The Hall–Kier alpha value is -2.13. The average Bonchev–Trinajstić information content (AvgIpc) is 2.76. The molecular formula is C14H17ClF2N2O5. The van der Waals surface area contributed by atoms with Crippen LogP contribution in [0.15, 0.2) is 18.2 Å². The van der Waals surface area contributed by atoms with Gasteiger partial charge in [-0.2, -0.15) is 0 Å². The maximum atomic E-state index is 12.9. The largest absolute Gasteiger partial charge is 0.586 e. The van der Waals surface area contributed by atoms with Gasteiger partial charge < -0.3 is 19.9 Å². The molecule has 134 valence electrons. The van der Waals surface area contributed by atoms with Crippen LogP contribution in [-0.2, 0) is 9.59 Å². The Labute approximate surface area is 142 Å². The zero-order valence-electron chi connectivity index (χ0n) is 12.7. The van der Waals surface area contributed by atoms with Crippen LogP contribution in [0.25, 0.3) is 0 Å². The van der Waals surface area contributed by atoms with Crippen molar-refractivity contribution in [1.29, 1.82) is 0 Å². The summed E-state index contributed by atoms with van der Waals surface area (Å²) in [4.78, 5) is 22.7. The number of carboxylic acid groups (broad SMARTS) is 1. The molecule has 2 rings (SSSR count). The quantitative estimate of drug-likeness (QED) is 0.684. The normalized spacial score (nSPS) is 15.3. The van der Waals surface area contributed by atoms with Gasteiger partial charge in [-0.05, 0) is 18.6 Å². The second-order valence-electron chi connectivity index (χ2n) is 4.94. The van der Waals surface area contributed by atoms with Crippen LogP contribution in [0, 0.1) is 0 Å². The maximum Gasteiger partial charge on any atom is 0.586 e. The highest BCUT2D eigenvalue weighted by Crippen LogP contribution is 2.42. The smallest absolute Gasteiger partial charge is 0.480 e. The first-order valence-electron chi connectivity index (χ1n) is 6.96. The highest BCUT2D eigenvalue weighted by atomic mass is 35.5. The molecular weight excluding hydrogens is 350 g/mol. The molecule has 0 fully saturated rings. The third kappa shape index (κ3) is 5.20. The Balaban J connectivity index is 0.00000288. The summed E-state index contributed by atoms with van der Waals surface area (Å²) < 4.78 is 34.3. The van der Waals surface area contributed by atoms with Crippen molar-refractivity contribution in [1.82, 2.24) is 5.32 Å². The number of hydrogen-bond donors (Lipinski definition) is 3. The Morgan fingerprint density at radius 3 is 2.58 bits per heavy atom. The summed E-state index contributed by atoms with van der Waals surface area (Å²) in [5, 5.41) is 14.0. The minimum atomic E-state index is -3.72. The molecule has 0 saturated heterocycles. The monoisotopic (exact) mass is 366 g/mol. The average molecular weight is 367 g/mol. The van der Waals surface area contributed by atoms with Gasteiger partial charge in [0, 0.05) is 11.8 Å². The molecule has 0 saturated carbocycles. The molecule has 7 nitrogen and oxygen atoms in total. The Morgan fingerprint density at radius 1 is 1.29 bits per heavy atom. The van der Waals surface area contributed by atoms with Gasteiger partial charge in [0.25, 0.3) is 0 Å². The molecule has 0 aromatic heterocycles. The van der Waals surface area contributed by atoms with Gasteiger partial charge in [0.2, 0.25) is 5.91 Å². The third-order valence-electron chi connectivity index (χ3n) is 3.07. The summed E-state index contributed by atoms with van der Waals surface area (Å²) in [5.41, 5.74) is 0.235. The number of rotatable bonds is 7. The van der Waals surface area contributed by atoms with E-state index in [9.17, 15) is 18.4 Å². The topological polar surface area (TPSA) is 96.9 Å². The lowest BCUT2D eigenvalue weighted by atomic mass is 10.2. The maximum absolute atomic E-state index is 12.9. The van der Waals surface area contributed by atoms with E-state index in [0.29, 0.717) is 12.8 Å². The van der Waals surface area contributed by atoms with E-state index in [1.54, 1.807) is 0 Å². The Morgan fingerprint density at radius 2 is 1.96 bits per heavy atom. The van der Waals surface area contributed by atoms with Crippen LogP contribution in [-0.4, -0.2) is 35.9 Å². The van der Waals surface area contributed by atoms with Gasteiger partial charge in [-0.1, -0.05) is 13.3 Å². The van der Waals surface area contributed by atoms with E-state index in [1.807, 2.05) is 6.92 Å². The van der Waals surface area contributed by atoms with Crippen molar-refractivity contribution in [3.63, 3.8) is 0 Å². The minimum Gasteiger partial charge on any atom is -0.480 e. The molecule has 1 aromatic rings. The Kier molecular flexibility index (Phi) is 6.73. The number of aliphatic carboxylic acids is 1. The number of nitrogens with one attached hydrogen (secondary N) is 2. The standard InChI is InChI=1S/C14H16F2N2O5.ClH/c1-2-3-9(13(20)21)17-7-12(19)18-8-4-5-10-11(6-8)23-14(15,16)22-10;/h4-6,9,17H,2-3,7H2,1H3,(H,18,19)(H,20,21);1H. The lowest BCUT2D eigenvalue weighted by molar-refractivity contribution is -0.286.